The van der Waals surface area contributed by atoms with E-state index in [2.05, 4.69) is 5.32 Å². The summed E-state index contributed by atoms with van der Waals surface area (Å²) in [6.07, 6.45) is -3.92. The van der Waals surface area contributed by atoms with E-state index >= 15 is 0 Å². The Morgan fingerprint density at radius 1 is 1.26 bits per heavy atom. The first-order valence-electron chi connectivity index (χ1n) is 6.24. The van der Waals surface area contributed by atoms with Crippen molar-refractivity contribution in [3.63, 3.8) is 0 Å². The molecule has 1 atom stereocenters. The fourth-order valence-electron chi connectivity index (χ4n) is 2.34. The molecule has 1 aromatic carbocycles. The van der Waals surface area contributed by atoms with Gasteiger partial charge in [-0.25, -0.2) is 0 Å². The summed E-state index contributed by atoms with van der Waals surface area (Å²) in [6, 6.07) is 8.73. The SMILES string of the molecule is CC(NC1(C(F)(F)F)CC1)c1cc2ccccc2o1. The van der Waals surface area contributed by atoms with Gasteiger partial charge in [0.05, 0.1) is 6.04 Å². The minimum atomic E-state index is -4.20. The van der Waals surface area contributed by atoms with Gasteiger partial charge in [0.1, 0.15) is 16.9 Å². The van der Waals surface area contributed by atoms with Gasteiger partial charge in [-0.15, -0.1) is 0 Å². The van der Waals surface area contributed by atoms with Gasteiger partial charge in [-0.3, -0.25) is 5.32 Å². The lowest BCUT2D eigenvalue weighted by Gasteiger charge is -2.24. The molecule has 1 aliphatic carbocycles. The molecule has 102 valence electrons. The van der Waals surface area contributed by atoms with Crippen LogP contribution < -0.4 is 5.32 Å². The number of para-hydroxylation sites is 1. The predicted molar refractivity (Wildman–Crippen MR) is 65.8 cm³/mol. The van der Waals surface area contributed by atoms with Crippen LogP contribution in [0, 0.1) is 0 Å². The van der Waals surface area contributed by atoms with Crippen LogP contribution in [0.5, 0.6) is 0 Å². The third kappa shape index (κ3) is 2.12. The average molecular weight is 269 g/mol. The fourth-order valence-corrected chi connectivity index (χ4v) is 2.34. The smallest absolute Gasteiger partial charge is 0.406 e. The Hall–Kier alpha value is -1.49. The third-order valence-corrected chi connectivity index (χ3v) is 3.66. The first-order valence-corrected chi connectivity index (χ1v) is 6.24. The summed E-state index contributed by atoms with van der Waals surface area (Å²) in [6.45, 7) is 1.70. The number of hydrogen-bond acceptors (Lipinski definition) is 2. The number of rotatable bonds is 3. The molecule has 0 radical (unpaired) electrons. The van der Waals surface area contributed by atoms with Crippen LogP contribution in [0.25, 0.3) is 11.0 Å². The van der Waals surface area contributed by atoms with Crippen molar-refractivity contribution in [2.24, 2.45) is 0 Å². The molecule has 1 heterocycles. The van der Waals surface area contributed by atoms with E-state index in [1.165, 1.54) is 0 Å². The highest BCUT2D eigenvalue weighted by Gasteiger charge is 2.63. The lowest BCUT2D eigenvalue weighted by Crippen LogP contribution is -2.45. The van der Waals surface area contributed by atoms with Crippen molar-refractivity contribution in [3.05, 3.63) is 36.1 Å². The van der Waals surface area contributed by atoms with Gasteiger partial charge in [-0.1, -0.05) is 18.2 Å². The van der Waals surface area contributed by atoms with E-state index in [9.17, 15) is 13.2 Å². The minimum Gasteiger partial charge on any atom is -0.459 e. The average Bonchev–Trinajstić information content (AvgIpc) is 3.00. The zero-order valence-electron chi connectivity index (χ0n) is 10.4. The highest BCUT2D eigenvalue weighted by molar-refractivity contribution is 5.77. The van der Waals surface area contributed by atoms with E-state index in [-0.39, 0.29) is 12.8 Å². The van der Waals surface area contributed by atoms with Crippen molar-refractivity contribution < 1.29 is 17.6 Å². The molecule has 0 saturated heterocycles. The minimum absolute atomic E-state index is 0.140. The van der Waals surface area contributed by atoms with Crippen LogP contribution in [0.3, 0.4) is 0 Å². The van der Waals surface area contributed by atoms with Crippen LogP contribution in [0.1, 0.15) is 31.6 Å². The second-order valence-electron chi connectivity index (χ2n) is 5.13. The molecule has 1 aromatic heterocycles. The molecule has 1 fully saturated rings. The van der Waals surface area contributed by atoms with Crippen LogP contribution in [-0.4, -0.2) is 11.7 Å². The zero-order valence-corrected chi connectivity index (χ0v) is 10.4. The summed E-state index contributed by atoms with van der Waals surface area (Å²) in [7, 11) is 0. The summed E-state index contributed by atoms with van der Waals surface area (Å²) < 4.78 is 44.2. The molecule has 0 spiro atoms. The molecule has 0 bridgehead atoms. The number of halogens is 3. The standard InChI is InChI=1S/C14H14F3NO/c1-9(18-13(6-7-13)14(15,16)17)12-8-10-4-2-3-5-11(10)19-12/h2-5,8-9,18H,6-7H2,1H3. The number of fused-ring (bicyclic) bond motifs is 1. The molecule has 3 rings (SSSR count). The molecule has 1 saturated carbocycles. The molecular weight excluding hydrogens is 255 g/mol. The van der Waals surface area contributed by atoms with Gasteiger partial charge in [-0.2, -0.15) is 13.2 Å². The molecule has 0 amide bonds. The van der Waals surface area contributed by atoms with Gasteiger partial charge in [0.2, 0.25) is 0 Å². The van der Waals surface area contributed by atoms with Gasteiger partial charge in [0.15, 0.2) is 0 Å². The van der Waals surface area contributed by atoms with E-state index in [1.807, 2.05) is 24.3 Å². The van der Waals surface area contributed by atoms with Crippen LogP contribution in [0.2, 0.25) is 0 Å². The summed E-state index contributed by atoms with van der Waals surface area (Å²) in [5, 5.41) is 3.57. The number of furan rings is 1. The second-order valence-corrected chi connectivity index (χ2v) is 5.13. The monoisotopic (exact) mass is 269 g/mol. The van der Waals surface area contributed by atoms with Crippen LogP contribution in [0.15, 0.2) is 34.7 Å². The van der Waals surface area contributed by atoms with Crippen LogP contribution in [-0.2, 0) is 0 Å². The Labute approximate surface area is 108 Å². The summed E-state index contributed by atoms with van der Waals surface area (Å²) >= 11 is 0. The number of benzene rings is 1. The maximum absolute atomic E-state index is 12.9. The topological polar surface area (TPSA) is 25.2 Å². The van der Waals surface area contributed by atoms with E-state index in [0.717, 1.165) is 5.39 Å². The molecule has 5 heteroatoms. The number of nitrogens with one attached hydrogen (secondary N) is 1. The van der Waals surface area contributed by atoms with Crippen LogP contribution >= 0.6 is 0 Å². The van der Waals surface area contributed by atoms with Gasteiger partial charge in [-0.05, 0) is 31.9 Å². The zero-order chi connectivity index (χ0) is 13.7. The summed E-state index contributed by atoms with van der Waals surface area (Å²) in [4.78, 5) is 0. The lowest BCUT2D eigenvalue weighted by atomic mass is 10.1. The van der Waals surface area contributed by atoms with Gasteiger partial charge < -0.3 is 4.42 Å². The number of alkyl halides is 3. The van der Waals surface area contributed by atoms with Gasteiger partial charge >= 0.3 is 6.18 Å². The van der Waals surface area contributed by atoms with Crippen molar-refractivity contribution in [2.75, 3.05) is 0 Å². The Balaban J connectivity index is 1.83. The van der Waals surface area contributed by atoms with Crippen molar-refractivity contribution >= 4 is 11.0 Å². The predicted octanol–water partition coefficient (Wildman–Crippen LogP) is 4.18. The Kier molecular flexibility index (Phi) is 2.64. The maximum atomic E-state index is 12.9. The molecule has 0 aliphatic heterocycles. The van der Waals surface area contributed by atoms with Crippen molar-refractivity contribution in [1.82, 2.24) is 5.32 Å². The first kappa shape index (κ1) is 12.5. The quantitative estimate of drug-likeness (QED) is 0.904. The third-order valence-electron chi connectivity index (χ3n) is 3.66. The first-order chi connectivity index (χ1) is 8.91. The highest BCUT2D eigenvalue weighted by atomic mass is 19.4. The summed E-state index contributed by atoms with van der Waals surface area (Å²) in [5.41, 5.74) is -1.02. The highest BCUT2D eigenvalue weighted by Crippen LogP contribution is 2.50. The van der Waals surface area contributed by atoms with Gasteiger partial charge in [0, 0.05) is 5.39 Å². The molecule has 1 N–H and O–H groups in total. The Morgan fingerprint density at radius 3 is 2.53 bits per heavy atom. The van der Waals surface area contributed by atoms with Crippen LogP contribution in [0.4, 0.5) is 13.2 Å². The molecule has 1 unspecified atom stereocenters. The van der Waals surface area contributed by atoms with Crippen molar-refractivity contribution in [2.45, 2.75) is 37.5 Å². The molecule has 19 heavy (non-hydrogen) atoms. The van der Waals surface area contributed by atoms with E-state index in [4.69, 9.17) is 4.42 Å². The largest absolute Gasteiger partial charge is 0.459 e. The molecule has 1 aliphatic rings. The molecular formula is C14H14F3NO. The van der Waals surface area contributed by atoms with Crippen molar-refractivity contribution in [3.8, 4) is 0 Å². The summed E-state index contributed by atoms with van der Waals surface area (Å²) in [5.74, 6) is 0.539. The normalized spacial score (nSPS) is 19.6. The van der Waals surface area contributed by atoms with E-state index < -0.39 is 17.8 Å². The molecule has 2 nitrogen and oxygen atoms in total. The Morgan fingerprint density at radius 2 is 1.95 bits per heavy atom. The second kappa shape index (κ2) is 4.00. The van der Waals surface area contributed by atoms with E-state index in [0.29, 0.717) is 11.3 Å². The number of hydrogen-bond donors (Lipinski definition) is 1. The Bertz CT molecular complexity index is 565. The van der Waals surface area contributed by atoms with Gasteiger partial charge in [0.25, 0.3) is 0 Å². The maximum Gasteiger partial charge on any atom is 0.406 e. The fraction of sp³-hybridized carbons (Fsp3) is 0.429. The van der Waals surface area contributed by atoms with E-state index in [1.54, 1.807) is 13.0 Å². The lowest BCUT2D eigenvalue weighted by molar-refractivity contribution is -0.168. The molecule has 2 aromatic rings. The van der Waals surface area contributed by atoms with Crippen molar-refractivity contribution in [1.29, 1.82) is 0 Å².